The summed E-state index contributed by atoms with van der Waals surface area (Å²) in [6, 6.07) is 11.7. The van der Waals surface area contributed by atoms with Gasteiger partial charge in [-0.25, -0.2) is 0 Å². The lowest BCUT2D eigenvalue weighted by molar-refractivity contribution is 0.108. The Morgan fingerprint density at radius 1 is 0.947 bits per heavy atom. The van der Waals surface area contributed by atoms with Crippen molar-refractivity contribution in [1.29, 1.82) is 0 Å². The minimum atomic E-state index is 0.112. The number of hydrogen-bond donors (Lipinski definition) is 0. The second-order valence-corrected chi connectivity index (χ2v) is 6.26. The second kappa shape index (κ2) is 5.86. The van der Waals surface area contributed by atoms with Gasteiger partial charge in [-0.15, -0.1) is 0 Å². The van der Waals surface area contributed by atoms with Crippen molar-refractivity contribution in [2.45, 2.75) is 20.8 Å². The second-order valence-electron chi connectivity index (χ2n) is 4.65. The summed E-state index contributed by atoms with van der Waals surface area (Å²) in [5, 5.41) is 1.68. The van der Waals surface area contributed by atoms with Crippen LogP contribution in [0, 0.1) is 20.8 Å². The molecule has 1 nitrogen and oxygen atoms in total. The lowest BCUT2D eigenvalue weighted by atomic mass is 10.1. The van der Waals surface area contributed by atoms with E-state index in [1.54, 1.807) is 6.07 Å². The minimum absolute atomic E-state index is 0.112. The first kappa shape index (κ1) is 14.2. The topological polar surface area (TPSA) is 17.1 Å². The maximum atomic E-state index is 12.5. The van der Waals surface area contributed by atoms with Gasteiger partial charge in [0.05, 0.1) is 5.02 Å². The molecule has 0 fully saturated rings. The largest absolute Gasteiger partial charge is 0.289 e. The van der Waals surface area contributed by atoms with Crippen molar-refractivity contribution in [3.05, 3.63) is 63.7 Å². The Balaban J connectivity index is 2.37. The van der Waals surface area contributed by atoms with Gasteiger partial charge in [-0.05, 0) is 57.4 Å². The molecule has 0 saturated carbocycles. The van der Waals surface area contributed by atoms with Crippen LogP contribution in [-0.2, 0) is 0 Å². The summed E-state index contributed by atoms with van der Waals surface area (Å²) in [6.07, 6.45) is 0. The summed E-state index contributed by atoms with van der Waals surface area (Å²) in [4.78, 5) is 12.5. The van der Waals surface area contributed by atoms with Crippen molar-refractivity contribution in [3.8, 4) is 0 Å². The number of halogens is 1. The van der Waals surface area contributed by atoms with E-state index in [1.807, 2.05) is 51.1 Å². The summed E-state index contributed by atoms with van der Waals surface area (Å²) >= 11 is 6.15. The minimum Gasteiger partial charge on any atom is -0.289 e. The highest BCUT2D eigenvalue weighted by Gasteiger charge is 2.15. The zero-order chi connectivity index (χ0) is 14.0. The van der Waals surface area contributed by atoms with Crippen molar-refractivity contribution in [2.24, 2.45) is 0 Å². The lowest BCUT2D eigenvalue weighted by Crippen LogP contribution is -2.09. The normalized spacial score (nSPS) is 11.2. The zero-order valence-corrected chi connectivity index (χ0v) is 13.0. The van der Waals surface area contributed by atoms with E-state index in [1.165, 1.54) is 0 Å². The standard InChI is InChI=1S/C16H16ClOP/c1-10-6-5-9-13(17)14(10)16(18)19-15-11(2)7-4-8-12(15)3/h4-9,19H,1-3H3. The molecule has 19 heavy (non-hydrogen) atoms. The van der Waals surface area contributed by atoms with Gasteiger partial charge in [-0.2, -0.15) is 0 Å². The Labute approximate surface area is 120 Å². The molecule has 2 aromatic carbocycles. The van der Waals surface area contributed by atoms with Gasteiger partial charge < -0.3 is 0 Å². The third-order valence-electron chi connectivity index (χ3n) is 3.17. The van der Waals surface area contributed by atoms with Gasteiger partial charge in [-0.3, -0.25) is 4.79 Å². The first-order chi connectivity index (χ1) is 9.00. The van der Waals surface area contributed by atoms with Gasteiger partial charge >= 0.3 is 0 Å². The predicted octanol–water partition coefficient (Wildman–Crippen LogP) is 4.41. The average Bonchev–Trinajstić information content (AvgIpc) is 2.34. The molecule has 0 aliphatic heterocycles. The molecule has 0 aromatic heterocycles. The maximum Gasteiger partial charge on any atom is 0.187 e. The van der Waals surface area contributed by atoms with Crippen LogP contribution >= 0.6 is 20.2 Å². The number of aryl methyl sites for hydroxylation is 3. The number of carbonyl (C=O) groups excluding carboxylic acids is 1. The molecule has 1 unspecified atom stereocenters. The molecule has 0 spiro atoms. The summed E-state index contributed by atoms with van der Waals surface area (Å²) in [7, 11) is 0.123. The molecule has 0 N–H and O–H groups in total. The highest BCUT2D eigenvalue weighted by Crippen LogP contribution is 2.28. The van der Waals surface area contributed by atoms with E-state index in [-0.39, 0.29) is 14.1 Å². The molecule has 0 aliphatic carbocycles. The Hall–Kier alpha value is -1.17. The Kier molecular flexibility index (Phi) is 4.39. The van der Waals surface area contributed by atoms with Crippen LogP contribution in [0.1, 0.15) is 27.0 Å². The van der Waals surface area contributed by atoms with Crippen LogP contribution in [0.15, 0.2) is 36.4 Å². The molecule has 0 bridgehead atoms. The molecule has 0 radical (unpaired) electrons. The van der Waals surface area contributed by atoms with E-state index >= 15 is 0 Å². The van der Waals surface area contributed by atoms with Crippen molar-refractivity contribution in [3.63, 3.8) is 0 Å². The Morgan fingerprint density at radius 3 is 2.05 bits per heavy atom. The Bertz CT molecular complexity index is 594. The van der Waals surface area contributed by atoms with Crippen LogP contribution < -0.4 is 5.30 Å². The van der Waals surface area contributed by atoms with Crippen molar-refractivity contribution < 1.29 is 4.79 Å². The van der Waals surface area contributed by atoms with E-state index in [4.69, 9.17) is 11.6 Å². The summed E-state index contributed by atoms with van der Waals surface area (Å²) in [5.41, 5.74) is 4.04. The van der Waals surface area contributed by atoms with Gasteiger partial charge in [0.25, 0.3) is 0 Å². The van der Waals surface area contributed by atoms with Crippen LogP contribution in [0.25, 0.3) is 0 Å². The molecular weight excluding hydrogens is 275 g/mol. The first-order valence-corrected chi connectivity index (χ1v) is 7.51. The van der Waals surface area contributed by atoms with Gasteiger partial charge in [0.15, 0.2) is 5.52 Å². The lowest BCUT2D eigenvalue weighted by Gasteiger charge is -2.11. The smallest absolute Gasteiger partial charge is 0.187 e. The van der Waals surface area contributed by atoms with E-state index < -0.39 is 0 Å². The SMILES string of the molecule is Cc1cccc(C)c1PC(=O)c1c(C)cccc1Cl. The first-order valence-electron chi connectivity index (χ1n) is 6.13. The number of carbonyl (C=O) groups is 1. The molecule has 0 aliphatic rings. The van der Waals surface area contributed by atoms with Gasteiger partial charge in [0.2, 0.25) is 0 Å². The van der Waals surface area contributed by atoms with E-state index in [2.05, 4.69) is 0 Å². The van der Waals surface area contributed by atoms with Crippen LogP contribution in [0.4, 0.5) is 0 Å². The fraction of sp³-hybridized carbons (Fsp3) is 0.188. The summed E-state index contributed by atoms with van der Waals surface area (Å²) in [5.74, 6) is 0. The number of benzene rings is 2. The molecular formula is C16H16ClOP. The predicted molar refractivity (Wildman–Crippen MR) is 84.4 cm³/mol. The van der Waals surface area contributed by atoms with Crippen LogP contribution in [0.2, 0.25) is 5.02 Å². The van der Waals surface area contributed by atoms with Gasteiger partial charge in [0, 0.05) is 5.56 Å². The fourth-order valence-electron chi connectivity index (χ4n) is 2.11. The average molecular weight is 291 g/mol. The zero-order valence-electron chi connectivity index (χ0n) is 11.3. The highest BCUT2D eigenvalue weighted by atomic mass is 35.5. The highest BCUT2D eigenvalue weighted by molar-refractivity contribution is 7.66. The Morgan fingerprint density at radius 2 is 1.47 bits per heavy atom. The molecule has 3 heteroatoms. The van der Waals surface area contributed by atoms with Crippen LogP contribution in [0.5, 0.6) is 0 Å². The molecule has 2 aromatic rings. The van der Waals surface area contributed by atoms with Crippen LogP contribution in [0.3, 0.4) is 0 Å². The van der Waals surface area contributed by atoms with E-state index in [0.717, 1.165) is 22.0 Å². The third kappa shape index (κ3) is 3.05. The van der Waals surface area contributed by atoms with Gasteiger partial charge in [-0.1, -0.05) is 41.9 Å². The maximum absolute atomic E-state index is 12.5. The quantitative estimate of drug-likeness (QED) is 0.765. The van der Waals surface area contributed by atoms with Crippen molar-refractivity contribution >= 4 is 31.0 Å². The molecule has 0 heterocycles. The molecule has 0 saturated heterocycles. The summed E-state index contributed by atoms with van der Waals surface area (Å²) in [6.45, 7) is 6.01. The number of rotatable bonds is 3. The monoisotopic (exact) mass is 290 g/mol. The fourth-order valence-corrected chi connectivity index (χ4v) is 3.74. The van der Waals surface area contributed by atoms with Crippen molar-refractivity contribution in [1.82, 2.24) is 0 Å². The van der Waals surface area contributed by atoms with Gasteiger partial charge in [0.1, 0.15) is 0 Å². The van der Waals surface area contributed by atoms with Crippen LogP contribution in [-0.4, -0.2) is 5.52 Å². The van der Waals surface area contributed by atoms with E-state index in [0.29, 0.717) is 10.6 Å². The third-order valence-corrected chi connectivity index (χ3v) is 5.00. The summed E-state index contributed by atoms with van der Waals surface area (Å²) < 4.78 is 0. The molecule has 0 amide bonds. The molecule has 2 rings (SSSR count). The molecule has 98 valence electrons. The number of hydrogen-bond acceptors (Lipinski definition) is 1. The molecule has 1 atom stereocenters. The van der Waals surface area contributed by atoms with Crippen molar-refractivity contribution in [2.75, 3.05) is 0 Å². The van der Waals surface area contributed by atoms with E-state index in [9.17, 15) is 4.79 Å².